The van der Waals surface area contributed by atoms with E-state index in [0.29, 0.717) is 23.8 Å². The molecule has 0 saturated carbocycles. The Labute approximate surface area is 146 Å². The lowest BCUT2D eigenvalue weighted by Gasteiger charge is -2.12. The summed E-state index contributed by atoms with van der Waals surface area (Å²) in [5, 5.41) is 0. The Balaban J connectivity index is 2.21. The van der Waals surface area contributed by atoms with Crippen molar-refractivity contribution in [3.05, 3.63) is 66.0 Å². The van der Waals surface area contributed by atoms with Crippen molar-refractivity contribution in [1.82, 2.24) is 9.55 Å². The van der Waals surface area contributed by atoms with Crippen molar-refractivity contribution in [3.8, 4) is 22.8 Å². The zero-order valence-electron chi connectivity index (χ0n) is 14.5. The molecular weight excluding hydrogens is 316 g/mol. The quantitative estimate of drug-likeness (QED) is 0.660. The van der Waals surface area contributed by atoms with E-state index in [1.54, 1.807) is 14.0 Å². The van der Waals surface area contributed by atoms with Crippen molar-refractivity contribution in [2.24, 2.45) is 0 Å². The normalized spacial score (nSPS) is 10.5. The Bertz CT molecular complexity index is 868. The van der Waals surface area contributed by atoms with Gasteiger partial charge >= 0.3 is 5.97 Å². The number of methoxy groups -OCH3 is 1. The molecule has 0 aliphatic heterocycles. The SMILES string of the molecule is CCOC(=O)c1c(C)nc(-c2ccc(OC)cc2)n1-c1ccccc1. The maximum absolute atomic E-state index is 12.5. The highest BCUT2D eigenvalue weighted by molar-refractivity contribution is 5.91. The van der Waals surface area contributed by atoms with Crippen LogP contribution in [-0.4, -0.2) is 29.2 Å². The van der Waals surface area contributed by atoms with Gasteiger partial charge in [0.1, 0.15) is 11.6 Å². The molecular formula is C20H20N2O3. The molecule has 1 heterocycles. The molecule has 0 fully saturated rings. The lowest BCUT2D eigenvalue weighted by atomic mass is 10.2. The van der Waals surface area contributed by atoms with Gasteiger partial charge in [-0.3, -0.25) is 4.57 Å². The van der Waals surface area contributed by atoms with Crippen LogP contribution in [0, 0.1) is 6.92 Å². The van der Waals surface area contributed by atoms with Crippen LogP contribution in [0.4, 0.5) is 0 Å². The van der Waals surface area contributed by atoms with E-state index in [9.17, 15) is 4.79 Å². The summed E-state index contributed by atoms with van der Waals surface area (Å²) in [4.78, 5) is 17.1. The van der Waals surface area contributed by atoms with Crippen molar-refractivity contribution in [3.63, 3.8) is 0 Å². The van der Waals surface area contributed by atoms with Gasteiger partial charge in [0.2, 0.25) is 0 Å². The Morgan fingerprint density at radius 3 is 2.36 bits per heavy atom. The molecule has 0 spiro atoms. The minimum absolute atomic E-state index is 0.316. The Morgan fingerprint density at radius 2 is 1.76 bits per heavy atom. The minimum atomic E-state index is -0.379. The second-order valence-electron chi connectivity index (χ2n) is 5.49. The van der Waals surface area contributed by atoms with Gasteiger partial charge in [-0.25, -0.2) is 9.78 Å². The number of aryl methyl sites for hydroxylation is 1. The van der Waals surface area contributed by atoms with Crippen LogP contribution < -0.4 is 4.74 Å². The van der Waals surface area contributed by atoms with Crippen LogP contribution >= 0.6 is 0 Å². The van der Waals surface area contributed by atoms with Crippen LogP contribution in [0.1, 0.15) is 23.1 Å². The average molecular weight is 336 g/mol. The van der Waals surface area contributed by atoms with Crippen LogP contribution in [0.3, 0.4) is 0 Å². The van der Waals surface area contributed by atoms with E-state index in [0.717, 1.165) is 17.0 Å². The first kappa shape index (κ1) is 16.8. The van der Waals surface area contributed by atoms with Crippen molar-refractivity contribution < 1.29 is 14.3 Å². The predicted molar refractivity (Wildman–Crippen MR) is 96.2 cm³/mol. The van der Waals surface area contributed by atoms with Crippen molar-refractivity contribution in [1.29, 1.82) is 0 Å². The number of carbonyl (C=O) groups is 1. The van der Waals surface area contributed by atoms with E-state index in [1.165, 1.54) is 0 Å². The lowest BCUT2D eigenvalue weighted by Crippen LogP contribution is -2.13. The molecule has 3 rings (SSSR count). The molecule has 2 aromatic carbocycles. The highest BCUT2D eigenvalue weighted by Gasteiger charge is 2.23. The van der Waals surface area contributed by atoms with Gasteiger partial charge in [0, 0.05) is 11.3 Å². The molecule has 5 nitrogen and oxygen atoms in total. The van der Waals surface area contributed by atoms with Crippen LogP contribution in [0.2, 0.25) is 0 Å². The maximum Gasteiger partial charge on any atom is 0.357 e. The van der Waals surface area contributed by atoms with E-state index in [2.05, 4.69) is 4.98 Å². The van der Waals surface area contributed by atoms with Gasteiger partial charge in [-0.2, -0.15) is 0 Å². The molecule has 0 bridgehead atoms. The summed E-state index contributed by atoms with van der Waals surface area (Å²) < 4.78 is 12.3. The number of aromatic nitrogens is 2. The minimum Gasteiger partial charge on any atom is -0.497 e. The van der Waals surface area contributed by atoms with Gasteiger partial charge in [-0.05, 0) is 50.2 Å². The van der Waals surface area contributed by atoms with Gasteiger partial charge in [0.05, 0.1) is 19.4 Å². The van der Waals surface area contributed by atoms with Crippen molar-refractivity contribution >= 4 is 5.97 Å². The number of rotatable bonds is 5. The van der Waals surface area contributed by atoms with Gasteiger partial charge in [0.15, 0.2) is 5.69 Å². The molecule has 128 valence electrons. The monoisotopic (exact) mass is 336 g/mol. The van der Waals surface area contributed by atoms with E-state index in [1.807, 2.05) is 66.1 Å². The van der Waals surface area contributed by atoms with Gasteiger partial charge in [0.25, 0.3) is 0 Å². The van der Waals surface area contributed by atoms with Crippen LogP contribution in [-0.2, 0) is 4.74 Å². The molecule has 25 heavy (non-hydrogen) atoms. The van der Waals surface area contributed by atoms with Crippen LogP contribution in [0.15, 0.2) is 54.6 Å². The van der Waals surface area contributed by atoms with Crippen LogP contribution in [0.5, 0.6) is 5.75 Å². The molecule has 0 N–H and O–H groups in total. The third-order valence-electron chi connectivity index (χ3n) is 3.88. The van der Waals surface area contributed by atoms with E-state index in [4.69, 9.17) is 9.47 Å². The van der Waals surface area contributed by atoms with E-state index < -0.39 is 0 Å². The predicted octanol–water partition coefficient (Wildman–Crippen LogP) is 4.03. The van der Waals surface area contributed by atoms with E-state index in [-0.39, 0.29) is 5.97 Å². The van der Waals surface area contributed by atoms with Gasteiger partial charge < -0.3 is 9.47 Å². The first-order valence-electron chi connectivity index (χ1n) is 8.12. The lowest BCUT2D eigenvalue weighted by molar-refractivity contribution is 0.0516. The topological polar surface area (TPSA) is 53.4 Å². The summed E-state index contributed by atoms with van der Waals surface area (Å²) in [6, 6.07) is 17.3. The molecule has 0 aliphatic rings. The number of hydrogen-bond acceptors (Lipinski definition) is 4. The molecule has 0 radical (unpaired) electrons. The Morgan fingerprint density at radius 1 is 1.08 bits per heavy atom. The third-order valence-corrected chi connectivity index (χ3v) is 3.88. The number of para-hydroxylation sites is 1. The zero-order valence-corrected chi connectivity index (χ0v) is 14.5. The fraction of sp³-hybridized carbons (Fsp3) is 0.200. The van der Waals surface area contributed by atoms with Gasteiger partial charge in [-0.1, -0.05) is 18.2 Å². The number of benzene rings is 2. The summed E-state index contributed by atoms with van der Waals surface area (Å²) in [6.45, 7) is 3.93. The number of nitrogens with zero attached hydrogens (tertiary/aromatic N) is 2. The van der Waals surface area contributed by atoms with Crippen LogP contribution in [0.25, 0.3) is 17.1 Å². The molecule has 0 saturated heterocycles. The molecule has 0 unspecified atom stereocenters. The second-order valence-corrected chi connectivity index (χ2v) is 5.49. The number of imidazole rings is 1. The molecule has 1 aromatic heterocycles. The first-order valence-corrected chi connectivity index (χ1v) is 8.12. The number of ether oxygens (including phenoxy) is 2. The molecule has 5 heteroatoms. The fourth-order valence-electron chi connectivity index (χ4n) is 2.73. The van der Waals surface area contributed by atoms with Gasteiger partial charge in [-0.15, -0.1) is 0 Å². The zero-order chi connectivity index (χ0) is 17.8. The highest BCUT2D eigenvalue weighted by atomic mass is 16.5. The maximum atomic E-state index is 12.5. The fourth-order valence-corrected chi connectivity index (χ4v) is 2.73. The van der Waals surface area contributed by atoms with E-state index >= 15 is 0 Å². The summed E-state index contributed by atoms with van der Waals surface area (Å²) in [6.07, 6.45) is 0. The standard InChI is InChI=1S/C20H20N2O3/c1-4-25-20(23)18-14(2)21-19(15-10-12-17(24-3)13-11-15)22(18)16-8-6-5-7-9-16/h5-13H,4H2,1-3H3. The molecule has 0 amide bonds. The Hall–Kier alpha value is -3.08. The van der Waals surface area contributed by atoms with Crippen molar-refractivity contribution in [2.75, 3.05) is 13.7 Å². The number of hydrogen-bond donors (Lipinski definition) is 0. The smallest absolute Gasteiger partial charge is 0.357 e. The molecule has 0 aliphatic carbocycles. The molecule has 3 aromatic rings. The summed E-state index contributed by atoms with van der Waals surface area (Å²) in [5.41, 5.74) is 2.83. The largest absolute Gasteiger partial charge is 0.497 e. The highest BCUT2D eigenvalue weighted by Crippen LogP contribution is 2.28. The van der Waals surface area contributed by atoms with Crippen molar-refractivity contribution in [2.45, 2.75) is 13.8 Å². The summed E-state index contributed by atoms with van der Waals surface area (Å²) in [5.74, 6) is 1.08. The molecule has 0 atom stereocenters. The first-order chi connectivity index (χ1) is 12.2. The number of carbonyl (C=O) groups excluding carboxylic acids is 1. The second kappa shape index (κ2) is 7.21. The number of esters is 1. The third kappa shape index (κ3) is 3.26. The summed E-state index contributed by atoms with van der Waals surface area (Å²) >= 11 is 0. The average Bonchev–Trinajstić information content (AvgIpc) is 3.00. The summed E-state index contributed by atoms with van der Waals surface area (Å²) in [7, 11) is 1.63. The Kier molecular flexibility index (Phi) is 4.84.